The number of thioether (sulfide) groups is 1. The lowest BCUT2D eigenvalue weighted by Gasteiger charge is -2.23. The summed E-state index contributed by atoms with van der Waals surface area (Å²) in [5.74, 6) is 0.880. The summed E-state index contributed by atoms with van der Waals surface area (Å²) < 4.78 is 28.2. The highest BCUT2D eigenvalue weighted by Crippen LogP contribution is 2.21. The van der Waals surface area contributed by atoms with Crippen LogP contribution in [0, 0.1) is 0 Å². The number of benzene rings is 1. The van der Waals surface area contributed by atoms with E-state index in [0.717, 1.165) is 30.3 Å². The molecule has 1 aliphatic heterocycles. The minimum absolute atomic E-state index is 0.235. The van der Waals surface area contributed by atoms with E-state index in [-0.39, 0.29) is 6.10 Å². The smallest absolute Gasteiger partial charge is 0.175 e. The van der Waals surface area contributed by atoms with Crippen LogP contribution in [-0.4, -0.2) is 46.2 Å². The van der Waals surface area contributed by atoms with E-state index in [1.54, 1.807) is 23.9 Å². The maximum atomic E-state index is 11.3. The Kier molecular flexibility index (Phi) is 4.66. The van der Waals surface area contributed by atoms with Crippen molar-refractivity contribution in [3.05, 3.63) is 24.3 Å². The first-order valence-electron chi connectivity index (χ1n) is 5.81. The predicted molar refractivity (Wildman–Crippen MR) is 72.9 cm³/mol. The van der Waals surface area contributed by atoms with Gasteiger partial charge in [0.2, 0.25) is 0 Å². The molecule has 18 heavy (non-hydrogen) atoms. The number of hydrogen-bond acceptors (Lipinski definition) is 5. The number of ether oxygens (including phenoxy) is 1. The maximum absolute atomic E-state index is 11.3. The van der Waals surface area contributed by atoms with E-state index in [1.807, 2.05) is 12.1 Å². The van der Waals surface area contributed by atoms with E-state index in [0.29, 0.717) is 4.90 Å². The van der Waals surface area contributed by atoms with Gasteiger partial charge in [-0.15, -0.1) is 11.8 Å². The summed E-state index contributed by atoms with van der Waals surface area (Å²) in [6.07, 6.45) is 1.45. The number of morpholine rings is 1. The Morgan fingerprint density at radius 2 is 2.11 bits per heavy atom. The van der Waals surface area contributed by atoms with Crippen molar-refractivity contribution in [1.82, 2.24) is 5.32 Å². The van der Waals surface area contributed by atoms with Crippen molar-refractivity contribution in [2.24, 2.45) is 0 Å². The molecule has 0 aliphatic carbocycles. The Bertz CT molecular complexity index is 479. The number of hydrogen-bond donors (Lipinski definition) is 1. The number of nitrogens with one attached hydrogen (secondary N) is 1. The first-order chi connectivity index (χ1) is 8.55. The van der Waals surface area contributed by atoms with Crippen molar-refractivity contribution >= 4 is 21.6 Å². The van der Waals surface area contributed by atoms with Crippen molar-refractivity contribution in [2.75, 3.05) is 31.7 Å². The highest BCUT2D eigenvalue weighted by molar-refractivity contribution is 7.99. The molecule has 1 aliphatic rings. The molecule has 1 N–H and O–H groups in total. The van der Waals surface area contributed by atoms with Gasteiger partial charge in [0.25, 0.3) is 0 Å². The monoisotopic (exact) mass is 287 g/mol. The second-order valence-electron chi connectivity index (χ2n) is 4.25. The van der Waals surface area contributed by atoms with Crippen LogP contribution in [0.3, 0.4) is 0 Å². The summed E-state index contributed by atoms with van der Waals surface area (Å²) >= 11 is 1.69. The summed E-state index contributed by atoms with van der Waals surface area (Å²) in [4.78, 5) is 1.43. The predicted octanol–water partition coefficient (Wildman–Crippen LogP) is 1.17. The molecule has 100 valence electrons. The van der Waals surface area contributed by atoms with Crippen LogP contribution in [-0.2, 0) is 14.6 Å². The normalized spacial score (nSPS) is 20.8. The second-order valence-corrected chi connectivity index (χ2v) is 7.36. The van der Waals surface area contributed by atoms with Gasteiger partial charge in [0.05, 0.1) is 17.6 Å². The van der Waals surface area contributed by atoms with Crippen LogP contribution in [0.25, 0.3) is 0 Å². The lowest BCUT2D eigenvalue weighted by Crippen LogP contribution is -2.39. The molecule has 0 amide bonds. The fourth-order valence-electron chi connectivity index (χ4n) is 1.70. The Morgan fingerprint density at radius 1 is 1.39 bits per heavy atom. The zero-order chi connectivity index (χ0) is 13.0. The highest BCUT2D eigenvalue weighted by atomic mass is 32.2. The van der Waals surface area contributed by atoms with E-state index in [2.05, 4.69) is 5.32 Å². The summed E-state index contributed by atoms with van der Waals surface area (Å²) in [6.45, 7) is 2.57. The molecule has 1 saturated heterocycles. The van der Waals surface area contributed by atoms with E-state index in [1.165, 1.54) is 6.26 Å². The second kappa shape index (κ2) is 6.06. The molecule has 4 nitrogen and oxygen atoms in total. The van der Waals surface area contributed by atoms with Crippen LogP contribution in [0.5, 0.6) is 0 Å². The van der Waals surface area contributed by atoms with Crippen LogP contribution in [0.4, 0.5) is 0 Å². The van der Waals surface area contributed by atoms with E-state index in [4.69, 9.17) is 4.74 Å². The van der Waals surface area contributed by atoms with Crippen LogP contribution < -0.4 is 5.32 Å². The maximum Gasteiger partial charge on any atom is 0.175 e. The van der Waals surface area contributed by atoms with Crippen molar-refractivity contribution < 1.29 is 13.2 Å². The van der Waals surface area contributed by atoms with Gasteiger partial charge >= 0.3 is 0 Å². The average Bonchev–Trinajstić information content (AvgIpc) is 2.37. The lowest BCUT2D eigenvalue weighted by atomic mass is 10.3. The molecule has 1 aromatic carbocycles. The number of rotatable bonds is 4. The van der Waals surface area contributed by atoms with E-state index in [9.17, 15) is 8.42 Å². The van der Waals surface area contributed by atoms with Crippen LogP contribution in [0.15, 0.2) is 34.1 Å². The molecule has 0 aromatic heterocycles. The molecule has 0 saturated carbocycles. The van der Waals surface area contributed by atoms with Gasteiger partial charge in [0.1, 0.15) is 0 Å². The van der Waals surface area contributed by atoms with Crippen molar-refractivity contribution in [2.45, 2.75) is 15.9 Å². The molecule has 0 bridgehead atoms. The van der Waals surface area contributed by atoms with E-state index >= 15 is 0 Å². The van der Waals surface area contributed by atoms with Gasteiger partial charge in [-0.3, -0.25) is 0 Å². The van der Waals surface area contributed by atoms with Crippen LogP contribution >= 0.6 is 11.8 Å². The van der Waals surface area contributed by atoms with Crippen molar-refractivity contribution in [3.8, 4) is 0 Å². The lowest BCUT2D eigenvalue weighted by molar-refractivity contribution is 0.0441. The fourth-order valence-corrected chi connectivity index (χ4v) is 3.25. The zero-order valence-electron chi connectivity index (χ0n) is 10.3. The standard InChI is InChI=1S/C12H17NO3S2/c1-18(14,15)12-4-2-11(3-5-12)17-9-10-8-13-6-7-16-10/h2-5,10,13H,6-9H2,1H3/t10-/m0/s1. The van der Waals surface area contributed by atoms with Gasteiger partial charge in [0.15, 0.2) is 9.84 Å². The topological polar surface area (TPSA) is 55.4 Å². The third kappa shape index (κ3) is 3.98. The molecule has 0 unspecified atom stereocenters. The zero-order valence-corrected chi connectivity index (χ0v) is 11.9. The molecule has 0 radical (unpaired) electrons. The van der Waals surface area contributed by atoms with Crippen molar-refractivity contribution in [1.29, 1.82) is 0 Å². The molecular weight excluding hydrogens is 270 g/mol. The van der Waals surface area contributed by atoms with Gasteiger partial charge in [0, 0.05) is 30.0 Å². The first kappa shape index (κ1) is 13.9. The first-order valence-corrected chi connectivity index (χ1v) is 8.68. The van der Waals surface area contributed by atoms with Gasteiger partial charge < -0.3 is 10.1 Å². The Balaban J connectivity index is 1.90. The Hall–Kier alpha value is -0.560. The average molecular weight is 287 g/mol. The van der Waals surface area contributed by atoms with Crippen LogP contribution in [0.2, 0.25) is 0 Å². The quantitative estimate of drug-likeness (QED) is 0.843. The largest absolute Gasteiger partial charge is 0.375 e. The molecule has 1 aromatic rings. The molecule has 2 rings (SSSR count). The van der Waals surface area contributed by atoms with Crippen LogP contribution in [0.1, 0.15) is 0 Å². The third-order valence-corrected chi connectivity index (χ3v) is 4.96. The van der Waals surface area contributed by atoms with Gasteiger partial charge in [-0.05, 0) is 24.3 Å². The molecule has 1 atom stereocenters. The minimum atomic E-state index is -3.10. The van der Waals surface area contributed by atoms with Gasteiger partial charge in [-0.25, -0.2) is 8.42 Å². The summed E-state index contributed by atoms with van der Waals surface area (Å²) in [5.41, 5.74) is 0. The summed E-state index contributed by atoms with van der Waals surface area (Å²) in [7, 11) is -3.10. The highest BCUT2D eigenvalue weighted by Gasteiger charge is 2.13. The summed E-state index contributed by atoms with van der Waals surface area (Å²) in [5, 5.41) is 3.28. The number of sulfone groups is 1. The SMILES string of the molecule is CS(=O)(=O)c1ccc(SC[C@@H]2CNCCO2)cc1. The molecule has 1 heterocycles. The van der Waals surface area contributed by atoms with Gasteiger partial charge in [-0.1, -0.05) is 0 Å². The molecule has 1 fully saturated rings. The van der Waals surface area contributed by atoms with E-state index < -0.39 is 9.84 Å². The molecule has 6 heteroatoms. The Morgan fingerprint density at radius 3 is 2.67 bits per heavy atom. The molecular formula is C12H17NO3S2. The van der Waals surface area contributed by atoms with Gasteiger partial charge in [-0.2, -0.15) is 0 Å². The Labute approximate surface area is 112 Å². The summed E-state index contributed by atoms with van der Waals surface area (Å²) in [6, 6.07) is 6.99. The molecule has 0 spiro atoms. The van der Waals surface area contributed by atoms with Crippen molar-refractivity contribution in [3.63, 3.8) is 0 Å². The third-order valence-electron chi connectivity index (χ3n) is 2.69. The fraction of sp³-hybridized carbons (Fsp3) is 0.500. The minimum Gasteiger partial charge on any atom is -0.375 e.